The highest BCUT2D eigenvalue weighted by Gasteiger charge is 2.18. The summed E-state index contributed by atoms with van der Waals surface area (Å²) in [6.45, 7) is 2.59. The van der Waals surface area contributed by atoms with Crippen molar-refractivity contribution in [3.63, 3.8) is 0 Å². The number of hydrogen-bond acceptors (Lipinski definition) is 5. The van der Waals surface area contributed by atoms with Crippen LogP contribution in [0.2, 0.25) is 0 Å². The highest BCUT2D eigenvalue weighted by Crippen LogP contribution is 2.26. The summed E-state index contributed by atoms with van der Waals surface area (Å²) in [5.41, 5.74) is 3.88. The molecular formula is C24H23N5OS. The molecule has 0 aliphatic rings. The average molecular weight is 430 g/mol. The smallest absolute Gasteiger partial charge is 0.242 e. The number of nitrogens with one attached hydrogen (secondary N) is 2. The fraction of sp³-hybridized carbons (Fsp3) is 0.125. The van der Waals surface area contributed by atoms with E-state index < -0.39 is 0 Å². The summed E-state index contributed by atoms with van der Waals surface area (Å²) in [7, 11) is 0. The monoisotopic (exact) mass is 429 g/mol. The lowest BCUT2D eigenvalue weighted by atomic mass is 10.2. The third kappa shape index (κ3) is 5.52. The van der Waals surface area contributed by atoms with Gasteiger partial charge in [0.15, 0.2) is 0 Å². The molecule has 0 atom stereocenters. The third-order valence-corrected chi connectivity index (χ3v) is 5.42. The van der Waals surface area contributed by atoms with E-state index in [-0.39, 0.29) is 11.7 Å². The molecule has 0 aliphatic carbocycles. The first-order valence-corrected chi connectivity index (χ1v) is 11.0. The zero-order valence-electron chi connectivity index (χ0n) is 17.2. The molecule has 156 valence electrons. The van der Waals surface area contributed by atoms with Crippen LogP contribution in [-0.4, -0.2) is 26.8 Å². The average Bonchev–Trinajstić information content (AvgIpc) is 3.26. The molecular weight excluding hydrogens is 406 g/mol. The van der Waals surface area contributed by atoms with Gasteiger partial charge >= 0.3 is 0 Å². The van der Waals surface area contributed by atoms with E-state index in [1.807, 2.05) is 72.8 Å². The Hall–Kier alpha value is -3.58. The van der Waals surface area contributed by atoms with Crippen LogP contribution in [0.15, 0.2) is 90.1 Å². The molecule has 31 heavy (non-hydrogen) atoms. The van der Waals surface area contributed by atoms with Crippen LogP contribution in [0, 0.1) is 6.92 Å². The minimum absolute atomic E-state index is 0.0355. The standard InChI is InChI=1S/C24H23N5OS/c1-18-9-8-10-19(15-18)25-16-22-26-24(28-27-22)31-17-23(30)29(20-11-4-2-5-12-20)21-13-6-3-7-14-21/h2-15,25H,16-17H2,1H3,(H,26,27,28). The van der Waals surface area contributed by atoms with Gasteiger partial charge in [0, 0.05) is 17.1 Å². The third-order valence-electron chi connectivity index (χ3n) is 4.59. The largest absolute Gasteiger partial charge is 0.378 e. The molecule has 0 fully saturated rings. The number of para-hydroxylation sites is 2. The van der Waals surface area contributed by atoms with Gasteiger partial charge in [0.2, 0.25) is 11.1 Å². The van der Waals surface area contributed by atoms with Crippen LogP contribution in [0.3, 0.4) is 0 Å². The first-order valence-electron chi connectivity index (χ1n) is 9.97. The van der Waals surface area contributed by atoms with Crippen LogP contribution >= 0.6 is 11.8 Å². The summed E-state index contributed by atoms with van der Waals surface area (Å²) in [4.78, 5) is 19.3. The Kier molecular flexibility index (Phi) is 6.64. The van der Waals surface area contributed by atoms with E-state index in [2.05, 4.69) is 39.6 Å². The number of aromatic amines is 1. The molecule has 0 saturated heterocycles. The van der Waals surface area contributed by atoms with Crippen molar-refractivity contribution in [3.05, 3.63) is 96.3 Å². The van der Waals surface area contributed by atoms with Crippen molar-refractivity contribution in [1.29, 1.82) is 0 Å². The van der Waals surface area contributed by atoms with Gasteiger partial charge in [0.25, 0.3) is 0 Å². The Balaban J connectivity index is 1.39. The van der Waals surface area contributed by atoms with Crippen LogP contribution < -0.4 is 10.2 Å². The molecule has 2 N–H and O–H groups in total. The summed E-state index contributed by atoms with van der Waals surface area (Å²) >= 11 is 1.32. The van der Waals surface area contributed by atoms with Gasteiger partial charge in [0.05, 0.1) is 12.3 Å². The number of hydrogen-bond donors (Lipinski definition) is 2. The number of anilines is 3. The van der Waals surface area contributed by atoms with E-state index in [1.165, 1.54) is 17.3 Å². The number of benzene rings is 3. The molecule has 4 aromatic rings. The van der Waals surface area contributed by atoms with Gasteiger partial charge in [-0.25, -0.2) is 4.98 Å². The minimum atomic E-state index is -0.0355. The van der Waals surface area contributed by atoms with Crippen LogP contribution in [0.25, 0.3) is 0 Å². The molecule has 3 aromatic carbocycles. The second-order valence-electron chi connectivity index (χ2n) is 6.98. The number of amides is 1. The molecule has 0 radical (unpaired) electrons. The summed E-state index contributed by atoms with van der Waals surface area (Å²) in [6.07, 6.45) is 0. The first kappa shape index (κ1) is 20.7. The number of thioether (sulfide) groups is 1. The fourth-order valence-corrected chi connectivity index (χ4v) is 3.81. The van der Waals surface area contributed by atoms with Gasteiger partial charge in [-0.05, 0) is 48.9 Å². The molecule has 0 saturated carbocycles. The lowest BCUT2D eigenvalue weighted by Gasteiger charge is -2.22. The Labute approximate surface area is 185 Å². The van der Waals surface area contributed by atoms with Gasteiger partial charge < -0.3 is 5.32 Å². The van der Waals surface area contributed by atoms with E-state index in [0.717, 1.165) is 22.9 Å². The van der Waals surface area contributed by atoms with E-state index >= 15 is 0 Å². The van der Waals surface area contributed by atoms with Crippen molar-refractivity contribution in [2.75, 3.05) is 16.0 Å². The number of carbonyl (C=O) groups is 1. The Morgan fingerprint density at radius 3 is 2.29 bits per heavy atom. The normalized spacial score (nSPS) is 10.6. The van der Waals surface area contributed by atoms with Crippen molar-refractivity contribution in [3.8, 4) is 0 Å². The number of aromatic nitrogens is 3. The number of nitrogens with zero attached hydrogens (tertiary/aromatic N) is 3. The van der Waals surface area contributed by atoms with Gasteiger partial charge in [-0.3, -0.25) is 14.8 Å². The van der Waals surface area contributed by atoms with Crippen molar-refractivity contribution >= 4 is 34.7 Å². The van der Waals surface area contributed by atoms with Crippen LogP contribution in [-0.2, 0) is 11.3 Å². The second kappa shape index (κ2) is 9.95. The van der Waals surface area contributed by atoms with Crippen molar-refractivity contribution < 1.29 is 4.79 Å². The van der Waals surface area contributed by atoms with Crippen molar-refractivity contribution in [2.24, 2.45) is 0 Å². The Morgan fingerprint density at radius 2 is 1.65 bits per heavy atom. The lowest BCUT2D eigenvalue weighted by Crippen LogP contribution is -2.27. The Morgan fingerprint density at radius 1 is 0.968 bits per heavy atom. The second-order valence-corrected chi connectivity index (χ2v) is 7.92. The predicted octanol–water partition coefficient (Wildman–Crippen LogP) is 5.18. The van der Waals surface area contributed by atoms with E-state index in [0.29, 0.717) is 11.7 Å². The van der Waals surface area contributed by atoms with Crippen LogP contribution in [0.4, 0.5) is 17.1 Å². The van der Waals surface area contributed by atoms with Crippen molar-refractivity contribution in [2.45, 2.75) is 18.6 Å². The summed E-state index contributed by atoms with van der Waals surface area (Å²) in [5.74, 6) is 0.915. The predicted molar refractivity (Wildman–Crippen MR) is 126 cm³/mol. The summed E-state index contributed by atoms with van der Waals surface area (Å²) in [6, 6.07) is 27.4. The van der Waals surface area contributed by atoms with Crippen molar-refractivity contribution in [1.82, 2.24) is 15.2 Å². The van der Waals surface area contributed by atoms with Crippen LogP contribution in [0.5, 0.6) is 0 Å². The quantitative estimate of drug-likeness (QED) is 0.378. The number of carbonyl (C=O) groups excluding carboxylic acids is 1. The van der Waals surface area contributed by atoms with E-state index in [9.17, 15) is 4.79 Å². The summed E-state index contributed by atoms with van der Waals surface area (Å²) < 4.78 is 0. The maximum atomic E-state index is 13.1. The molecule has 6 nitrogen and oxygen atoms in total. The molecule has 1 amide bonds. The fourth-order valence-electron chi connectivity index (χ4n) is 3.14. The SMILES string of the molecule is Cc1cccc(NCc2nc(SCC(=O)N(c3ccccc3)c3ccccc3)n[nH]2)c1. The van der Waals surface area contributed by atoms with Gasteiger partial charge in [-0.1, -0.05) is 60.3 Å². The van der Waals surface area contributed by atoms with Gasteiger partial charge in [-0.15, -0.1) is 5.10 Å². The van der Waals surface area contributed by atoms with Gasteiger partial charge in [0.1, 0.15) is 5.82 Å². The highest BCUT2D eigenvalue weighted by molar-refractivity contribution is 7.99. The highest BCUT2D eigenvalue weighted by atomic mass is 32.2. The zero-order chi connectivity index (χ0) is 21.5. The van der Waals surface area contributed by atoms with Crippen LogP contribution in [0.1, 0.15) is 11.4 Å². The molecule has 7 heteroatoms. The lowest BCUT2D eigenvalue weighted by molar-refractivity contribution is -0.115. The molecule has 1 heterocycles. The van der Waals surface area contributed by atoms with E-state index in [4.69, 9.17) is 0 Å². The molecule has 0 bridgehead atoms. The molecule has 4 rings (SSSR count). The van der Waals surface area contributed by atoms with Gasteiger partial charge in [-0.2, -0.15) is 0 Å². The Bertz CT molecular complexity index is 1090. The minimum Gasteiger partial charge on any atom is -0.378 e. The zero-order valence-corrected chi connectivity index (χ0v) is 18.0. The molecule has 0 spiro atoms. The van der Waals surface area contributed by atoms with E-state index in [1.54, 1.807) is 4.90 Å². The number of H-pyrrole nitrogens is 1. The maximum absolute atomic E-state index is 13.1. The number of aryl methyl sites for hydroxylation is 1. The molecule has 1 aromatic heterocycles. The first-order chi connectivity index (χ1) is 15.2. The molecule has 0 unspecified atom stereocenters. The number of rotatable bonds is 8. The maximum Gasteiger partial charge on any atom is 0.242 e. The summed E-state index contributed by atoms with van der Waals surface area (Å²) in [5, 5.41) is 11.1. The topological polar surface area (TPSA) is 73.9 Å². The molecule has 0 aliphatic heterocycles.